The molecular formula is C19H20O6S. The highest BCUT2D eigenvalue weighted by Gasteiger charge is 2.41. The van der Waals surface area contributed by atoms with Crippen molar-refractivity contribution < 1.29 is 23.8 Å². The first-order valence-electron chi connectivity index (χ1n) is 8.11. The van der Waals surface area contributed by atoms with Crippen LogP contribution in [0.3, 0.4) is 0 Å². The molecule has 7 heteroatoms. The summed E-state index contributed by atoms with van der Waals surface area (Å²) in [7, 11) is 0. The second-order valence-corrected chi connectivity index (χ2v) is 7.41. The molecule has 0 saturated heterocycles. The average Bonchev–Trinajstić information content (AvgIpc) is 2.53. The van der Waals surface area contributed by atoms with E-state index in [0.717, 1.165) is 0 Å². The van der Waals surface area contributed by atoms with E-state index >= 15 is 0 Å². The number of esters is 1. The molecule has 0 saturated carbocycles. The summed E-state index contributed by atoms with van der Waals surface area (Å²) in [5, 5.41) is 12.4. The van der Waals surface area contributed by atoms with E-state index in [1.54, 1.807) is 32.2 Å². The number of aryl methyl sites for hydroxylation is 1. The van der Waals surface area contributed by atoms with E-state index in [0.29, 0.717) is 17.1 Å². The van der Waals surface area contributed by atoms with Crippen molar-refractivity contribution in [1.82, 2.24) is 0 Å². The van der Waals surface area contributed by atoms with E-state index in [4.69, 9.17) is 13.9 Å². The van der Waals surface area contributed by atoms with Crippen molar-refractivity contribution in [2.45, 2.75) is 38.9 Å². The number of carbonyl (C=O) groups excluding carboxylic acids is 1. The summed E-state index contributed by atoms with van der Waals surface area (Å²) in [6.07, 6.45) is 2.80. The Kier molecular flexibility index (Phi) is 4.75. The molecule has 1 N–H and O–H groups in total. The van der Waals surface area contributed by atoms with Crippen molar-refractivity contribution in [2.75, 3.05) is 6.26 Å². The van der Waals surface area contributed by atoms with Gasteiger partial charge in [0.1, 0.15) is 39.9 Å². The van der Waals surface area contributed by atoms with Gasteiger partial charge in [-0.15, -0.1) is 11.8 Å². The van der Waals surface area contributed by atoms with Crippen LogP contribution in [0.1, 0.15) is 25.2 Å². The van der Waals surface area contributed by atoms with Crippen LogP contribution >= 0.6 is 11.8 Å². The van der Waals surface area contributed by atoms with Gasteiger partial charge in [-0.3, -0.25) is 4.79 Å². The van der Waals surface area contributed by atoms with Crippen molar-refractivity contribution in [2.24, 2.45) is 0 Å². The van der Waals surface area contributed by atoms with Crippen LogP contribution in [0.4, 0.5) is 0 Å². The molecule has 26 heavy (non-hydrogen) atoms. The maximum atomic E-state index is 12.3. The number of benzene rings is 1. The second kappa shape index (κ2) is 6.72. The zero-order valence-corrected chi connectivity index (χ0v) is 15.8. The number of phenols is 1. The normalized spacial score (nSPS) is 18.5. The van der Waals surface area contributed by atoms with E-state index in [1.165, 1.54) is 23.9 Å². The molecule has 0 radical (unpaired) electrons. The van der Waals surface area contributed by atoms with Gasteiger partial charge in [0, 0.05) is 30.2 Å². The zero-order valence-electron chi connectivity index (χ0n) is 15.0. The highest BCUT2D eigenvalue weighted by molar-refractivity contribution is 8.01. The lowest BCUT2D eigenvalue weighted by Gasteiger charge is -2.39. The number of rotatable bonds is 3. The predicted octanol–water partition coefficient (Wildman–Crippen LogP) is 3.31. The first-order chi connectivity index (χ1) is 12.2. The van der Waals surface area contributed by atoms with Crippen LogP contribution in [0.2, 0.25) is 0 Å². The third-order valence-electron chi connectivity index (χ3n) is 4.32. The van der Waals surface area contributed by atoms with Crippen LogP contribution in [0, 0.1) is 6.92 Å². The summed E-state index contributed by atoms with van der Waals surface area (Å²) in [6.45, 7) is 5.28. The molecule has 2 aromatic rings. The fourth-order valence-electron chi connectivity index (χ4n) is 3.00. The molecule has 1 aliphatic heterocycles. The lowest BCUT2D eigenvalue weighted by molar-refractivity contribution is -0.155. The van der Waals surface area contributed by atoms with Gasteiger partial charge in [0.15, 0.2) is 5.43 Å². The van der Waals surface area contributed by atoms with E-state index in [9.17, 15) is 14.7 Å². The van der Waals surface area contributed by atoms with Gasteiger partial charge in [0.05, 0.1) is 0 Å². The largest absolute Gasteiger partial charge is 0.507 e. The molecule has 1 unspecified atom stereocenters. The summed E-state index contributed by atoms with van der Waals surface area (Å²) in [6, 6.07) is 2.93. The van der Waals surface area contributed by atoms with Crippen LogP contribution < -0.4 is 10.2 Å². The Morgan fingerprint density at radius 2 is 2.15 bits per heavy atom. The SMILES string of the molecule is CS/C=C/C(=O)OC1Cc2c(cc3oc(C)cc(=O)c3c2O)OC1(C)C. The number of aromatic hydroxyl groups is 1. The van der Waals surface area contributed by atoms with Crippen molar-refractivity contribution >= 4 is 28.7 Å². The maximum absolute atomic E-state index is 12.3. The third kappa shape index (κ3) is 3.31. The molecule has 0 amide bonds. The second-order valence-electron chi connectivity index (χ2n) is 6.67. The molecule has 138 valence electrons. The molecule has 1 atom stereocenters. The van der Waals surface area contributed by atoms with Crippen LogP contribution in [0.25, 0.3) is 11.0 Å². The third-order valence-corrected chi connectivity index (χ3v) is 4.73. The predicted molar refractivity (Wildman–Crippen MR) is 99.8 cm³/mol. The van der Waals surface area contributed by atoms with E-state index in [2.05, 4.69) is 0 Å². The van der Waals surface area contributed by atoms with Gasteiger partial charge in [-0.2, -0.15) is 0 Å². The van der Waals surface area contributed by atoms with Gasteiger partial charge >= 0.3 is 5.97 Å². The molecule has 3 rings (SSSR count). The summed E-state index contributed by atoms with van der Waals surface area (Å²) in [4.78, 5) is 24.2. The fourth-order valence-corrected chi connectivity index (χ4v) is 3.24. The Morgan fingerprint density at radius 1 is 1.42 bits per heavy atom. The molecule has 2 heterocycles. The molecule has 1 aromatic heterocycles. The van der Waals surface area contributed by atoms with Gasteiger partial charge in [-0.25, -0.2) is 4.79 Å². The van der Waals surface area contributed by atoms with Crippen molar-refractivity contribution in [3.8, 4) is 11.5 Å². The molecule has 1 aromatic carbocycles. The number of phenolic OH excluding ortho intramolecular Hbond substituents is 1. The molecule has 0 bridgehead atoms. The van der Waals surface area contributed by atoms with Gasteiger partial charge < -0.3 is 19.0 Å². The van der Waals surface area contributed by atoms with E-state index in [-0.39, 0.29) is 28.6 Å². The molecule has 1 aliphatic rings. The minimum Gasteiger partial charge on any atom is -0.507 e. The van der Waals surface area contributed by atoms with Gasteiger partial charge in [-0.1, -0.05) is 0 Å². The van der Waals surface area contributed by atoms with Gasteiger partial charge in [0.25, 0.3) is 0 Å². The lowest BCUT2D eigenvalue weighted by atomic mass is 9.89. The summed E-state index contributed by atoms with van der Waals surface area (Å²) in [5.74, 6) is 0.187. The maximum Gasteiger partial charge on any atom is 0.331 e. The summed E-state index contributed by atoms with van der Waals surface area (Å²) in [5.41, 5.74) is -0.439. The Bertz CT molecular complexity index is 957. The minimum atomic E-state index is -0.805. The monoisotopic (exact) mass is 376 g/mol. The molecule has 0 aliphatic carbocycles. The van der Waals surface area contributed by atoms with E-state index < -0.39 is 17.7 Å². The lowest BCUT2D eigenvalue weighted by Crippen LogP contribution is -2.48. The number of hydrogen-bond donors (Lipinski definition) is 1. The Labute approximate surface area is 154 Å². The fraction of sp³-hybridized carbons (Fsp3) is 0.368. The number of fused-ring (bicyclic) bond motifs is 2. The average molecular weight is 376 g/mol. The Morgan fingerprint density at radius 3 is 2.85 bits per heavy atom. The van der Waals surface area contributed by atoms with Crippen LogP contribution in [0.15, 0.2) is 32.8 Å². The molecule has 0 fully saturated rings. The smallest absolute Gasteiger partial charge is 0.331 e. The van der Waals surface area contributed by atoms with Gasteiger partial charge in [0.2, 0.25) is 0 Å². The summed E-state index contributed by atoms with van der Waals surface area (Å²) >= 11 is 1.39. The minimum absolute atomic E-state index is 0.102. The van der Waals surface area contributed by atoms with Crippen molar-refractivity contribution in [3.05, 3.63) is 45.2 Å². The topological polar surface area (TPSA) is 86.0 Å². The first kappa shape index (κ1) is 18.4. The Hall–Kier alpha value is -2.41. The highest BCUT2D eigenvalue weighted by Crippen LogP contribution is 2.42. The van der Waals surface area contributed by atoms with Crippen LogP contribution in [-0.4, -0.2) is 29.0 Å². The molecule has 6 nitrogen and oxygen atoms in total. The number of thioether (sulfide) groups is 1. The van der Waals surface area contributed by atoms with Gasteiger partial charge in [-0.05, 0) is 32.4 Å². The molecule has 0 spiro atoms. The quantitative estimate of drug-likeness (QED) is 0.650. The Balaban J connectivity index is 2.05. The van der Waals surface area contributed by atoms with Crippen molar-refractivity contribution in [3.63, 3.8) is 0 Å². The van der Waals surface area contributed by atoms with Crippen LogP contribution in [0.5, 0.6) is 11.5 Å². The number of carbonyl (C=O) groups is 1. The van der Waals surface area contributed by atoms with Crippen LogP contribution in [-0.2, 0) is 16.0 Å². The highest BCUT2D eigenvalue weighted by atomic mass is 32.2. The number of ether oxygens (including phenoxy) is 2. The molecular weight excluding hydrogens is 356 g/mol. The van der Waals surface area contributed by atoms with E-state index in [1.807, 2.05) is 6.26 Å². The number of hydrogen-bond acceptors (Lipinski definition) is 7. The first-order valence-corrected chi connectivity index (χ1v) is 9.40. The van der Waals surface area contributed by atoms with Crippen molar-refractivity contribution in [1.29, 1.82) is 0 Å². The standard InChI is InChI=1S/C19H20O6S/c1-10-7-12(20)17-14(23-10)9-13-11(18(17)22)8-15(19(2,3)25-13)24-16(21)5-6-26-4/h5-7,9,15,22H,8H2,1-4H3/b6-5+. The summed E-state index contributed by atoms with van der Waals surface area (Å²) < 4.78 is 17.0. The zero-order chi connectivity index (χ0) is 19.1.